The van der Waals surface area contributed by atoms with Crippen LogP contribution in [0.4, 0.5) is 4.39 Å². The molecule has 2 aromatic carbocycles. The molecular formula is C22H23FN4O2S. The Hall–Kier alpha value is -3.10. The van der Waals surface area contributed by atoms with Crippen LogP contribution >= 0.6 is 11.3 Å². The van der Waals surface area contributed by atoms with Crippen LogP contribution in [0.25, 0.3) is 0 Å². The molecule has 156 valence electrons. The number of nitrogens with one attached hydrogen (secondary N) is 1. The molecule has 1 heterocycles. The molecule has 3 aromatic rings. The van der Waals surface area contributed by atoms with Crippen molar-refractivity contribution in [2.45, 2.75) is 19.6 Å². The predicted octanol–water partition coefficient (Wildman–Crippen LogP) is 3.80. The molecule has 0 saturated carbocycles. The summed E-state index contributed by atoms with van der Waals surface area (Å²) in [5.41, 5.74) is 1.95. The van der Waals surface area contributed by atoms with E-state index in [9.17, 15) is 9.18 Å². The number of ether oxygens (including phenoxy) is 1. The first kappa shape index (κ1) is 21.6. The highest BCUT2D eigenvalue weighted by Gasteiger charge is 2.15. The molecule has 30 heavy (non-hydrogen) atoms. The van der Waals surface area contributed by atoms with Crippen LogP contribution in [0.3, 0.4) is 0 Å². The fourth-order valence-corrected chi connectivity index (χ4v) is 3.62. The fraction of sp³-hybridized carbons (Fsp3) is 0.227. The van der Waals surface area contributed by atoms with Crippen molar-refractivity contribution in [2.75, 3.05) is 13.7 Å². The Labute approximate surface area is 179 Å². The Morgan fingerprint density at radius 1 is 1.13 bits per heavy atom. The highest BCUT2D eigenvalue weighted by molar-refractivity contribution is 7.13. The van der Waals surface area contributed by atoms with E-state index in [1.165, 1.54) is 23.5 Å². The van der Waals surface area contributed by atoms with E-state index in [2.05, 4.69) is 27.0 Å². The van der Waals surface area contributed by atoms with Gasteiger partial charge in [0, 0.05) is 19.6 Å². The molecule has 1 amide bonds. The van der Waals surface area contributed by atoms with Gasteiger partial charge in [-0.1, -0.05) is 41.7 Å². The molecule has 3 rings (SSSR count). The summed E-state index contributed by atoms with van der Waals surface area (Å²) in [4.78, 5) is 14.5. The number of methoxy groups -OCH3 is 1. The number of amides is 1. The van der Waals surface area contributed by atoms with E-state index in [1.54, 1.807) is 19.2 Å². The number of rotatable bonds is 10. The van der Waals surface area contributed by atoms with E-state index < -0.39 is 0 Å². The first-order valence-electron chi connectivity index (χ1n) is 9.38. The van der Waals surface area contributed by atoms with Gasteiger partial charge < -0.3 is 10.1 Å². The molecule has 0 bridgehead atoms. The van der Waals surface area contributed by atoms with Crippen LogP contribution in [0.15, 0.2) is 61.2 Å². The van der Waals surface area contributed by atoms with E-state index in [4.69, 9.17) is 4.74 Å². The van der Waals surface area contributed by atoms with Crippen molar-refractivity contribution in [1.82, 2.24) is 20.4 Å². The van der Waals surface area contributed by atoms with E-state index >= 15 is 0 Å². The number of aromatic nitrogens is 2. The predicted molar refractivity (Wildman–Crippen MR) is 115 cm³/mol. The second kappa shape index (κ2) is 10.6. The molecule has 0 aliphatic carbocycles. The summed E-state index contributed by atoms with van der Waals surface area (Å²) in [6, 6.07) is 13.9. The average molecular weight is 427 g/mol. The van der Waals surface area contributed by atoms with Crippen LogP contribution in [0.1, 0.15) is 25.9 Å². The van der Waals surface area contributed by atoms with Crippen molar-refractivity contribution >= 4 is 17.2 Å². The van der Waals surface area contributed by atoms with Gasteiger partial charge in [-0.2, -0.15) is 0 Å². The van der Waals surface area contributed by atoms with Crippen LogP contribution in [-0.4, -0.2) is 34.7 Å². The van der Waals surface area contributed by atoms with Gasteiger partial charge in [-0.05, 0) is 35.4 Å². The topological polar surface area (TPSA) is 67.3 Å². The molecule has 1 aromatic heterocycles. The highest BCUT2D eigenvalue weighted by Crippen LogP contribution is 2.17. The van der Waals surface area contributed by atoms with Gasteiger partial charge in [0.25, 0.3) is 5.91 Å². The van der Waals surface area contributed by atoms with Gasteiger partial charge in [0.2, 0.25) is 5.01 Å². The van der Waals surface area contributed by atoms with Gasteiger partial charge in [0.15, 0.2) is 0 Å². The zero-order chi connectivity index (χ0) is 21.3. The fourth-order valence-electron chi connectivity index (χ4n) is 2.82. The van der Waals surface area contributed by atoms with Crippen molar-refractivity contribution in [3.05, 3.63) is 88.1 Å². The zero-order valence-corrected chi connectivity index (χ0v) is 17.5. The minimum Gasteiger partial charge on any atom is -0.497 e. The van der Waals surface area contributed by atoms with Crippen LogP contribution in [0.5, 0.6) is 5.75 Å². The van der Waals surface area contributed by atoms with Gasteiger partial charge in [0.05, 0.1) is 13.7 Å². The summed E-state index contributed by atoms with van der Waals surface area (Å²) >= 11 is 1.26. The van der Waals surface area contributed by atoms with Crippen molar-refractivity contribution in [3.8, 4) is 5.75 Å². The molecule has 1 N–H and O–H groups in total. The molecule has 0 aliphatic heterocycles. The standard InChI is InChI=1S/C22H23FN4O2S/c1-3-12-27(14-17-6-10-19(29-2)11-7-17)15-20-25-26-22(30-20)21(28)24-13-16-4-8-18(23)9-5-16/h3-11H,1,12-15H2,2H3,(H,24,28). The minimum absolute atomic E-state index is 0.298. The largest absolute Gasteiger partial charge is 0.497 e. The number of carbonyl (C=O) groups excluding carboxylic acids is 1. The van der Waals surface area contributed by atoms with Crippen LogP contribution in [-0.2, 0) is 19.6 Å². The Morgan fingerprint density at radius 2 is 1.83 bits per heavy atom. The smallest absolute Gasteiger partial charge is 0.282 e. The summed E-state index contributed by atoms with van der Waals surface area (Å²) in [5.74, 6) is 0.209. The Bertz CT molecular complexity index is 974. The van der Waals surface area contributed by atoms with Crippen molar-refractivity contribution in [3.63, 3.8) is 0 Å². The molecule has 0 fully saturated rings. The molecule has 0 radical (unpaired) electrons. The maximum Gasteiger partial charge on any atom is 0.282 e. The van der Waals surface area contributed by atoms with E-state index in [0.717, 1.165) is 21.9 Å². The third-order valence-electron chi connectivity index (χ3n) is 4.34. The van der Waals surface area contributed by atoms with E-state index in [0.29, 0.717) is 31.2 Å². The minimum atomic E-state index is -0.308. The lowest BCUT2D eigenvalue weighted by Crippen LogP contribution is -2.23. The molecule has 8 heteroatoms. The SMILES string of the molecule is C=CCN(Cc1ccc(OC)cc1)Cc1nnc(C(=O)NCc2ccc(F)cc2)s1. The summed E-state index contributed by atoms with van der Waals surface area (Å²) < 4.78 is 18.2. The third-order valence-corrected chi connectivity index (χ3v) is 5.25. The second-order valence-electron chi connectivity index (χ2n) is 6.62. The molecule has 0 unspecified atom stereocenters. The lowest BCUT2D eigenvalue weighted by molar-refractivity contribution is 0.0950. The summed E-state index contributed by atoms with van der Waals surface area (Å²) in [6.45, 7) is 6.07. The van der Waals surface area contributed by atoms with Crippen LogP contribution < -0.4 is 10.1 Å². The van der Waals surface area contributed by atoms with E-state index in [1.807, 2.05) is 30.3 Å². The summed E-state index contributed by atoms with van der Waals surface area (Å²) in [6.07, 6.45) is 1.83. The number of carbonyl (C=O) groups is 1. The Balaban J connectivity index is 1.57. The quantitative estimate of drug-likeness (QED) is 0.500. The molecule has 6 nitrogen and oxygen atoms in total. The summed E-state index contributed by atoms with van der Waals surface area (Å²) in [5, 5.41) is 12.0. The number of nitrogens with zero attached hydrogens (tertiary/aromatic N) is 3. The zero-order valence-electron chi connectivity index (χ0n) is 16.7. The normalized spacial score (nSPS) is 10.8. The molecule has 0 spiro atoms. The van der Waals surface area contributed by atoms with E-state index in [-0.39, 0.29) is 11.7 Å². The number of hydrogen-bond acceptors (Lipinski definition) is 6. The maximum atomic E-state index is 13.0. The van der Waals surface area contributed by atoms with Crippen molar-refractivity contribution in [2.24, 2.45) is 0 Å². The van der Waals surface area contributed by atoms with Crippen LogP contribution in [0.2, 0.25) is 0 Å². The first-order valence-corrected chi connectivity index (χ1v) is 10.2. The highest BCUT2D eigenvalue weighted by atomic mass is 32.1. The Morgan fingerprint density at radius 3 is 2.50 bits per heavy atom. The van der Waals surface area contributed by atoms with Gasteiger partial charge in [0.1, 0.15) is 16.6 Å². The lowest BCUT2D eigenvalue weighted by Gasteiger charge is -2.19. The number of benzene rings is 2. The Kier molecular flexibility index (Phi) is 7.64. The maximum absolute atomic E-state index is 13.0. The van der Waals surface area contributed by atoms with Gasteiger partial charge in [-0.15, -0.1) is 16.8 Å². The second-order valence-corrected chi connectivity index (χ2v) is 7.68. The molecule has 0 aliphatic rings. The average Bonchev–Trinajstić information content (AvgIpc) is 3.22. The van der Waals surface area contributed by atoms with Crippen LogP contribution in [0, 0.1) is 5.82 Å². The number of halogens is 1. The van der Waals surface area contributed by atoms with Crippen molar-refractivity contribution < 1.29 is 13.9 Å². The number of hydrogen-bond donors (Lipinski definition) is 1. The van der Waals surface area contributed by atoms with Gasteiger partial charge in [-0.3, -0.25) is 9.69 Å². The lowest BCUT2D eigenvalue weighted by atomic mass is 10.2. The summed E-state index contributed by atoms with van der Waals surface area (Å²) in [7, 11) is 1.64. The third kappa shape index (κ3) is 6.20. The molecular weight excluding hydrogens is 403 g/mol. The van der Waals surface area contributed by atoms with Gasteiger partial charge >= 0.3 is 0 Å². The van der Waals surface area contributed by atoms with Crippen molar-refractivity contribution in [1.29, 1.82) is 0 Å². The monoisotopic (exact) mass is 426 g/mol. The first-order chi connectivity index (χ1) is 14.6. The molecule has 0 saturated heterocycles. The van der Waals surface area contributed by atoms with Gasteiger partial charge in [-0.25, -0.2) is 4.39 Å². The molecule has 0 atom stereocenters.